The first-order valence-corrected chi connectivity index (χ1v) is 7.37. The molecule has 0 heterocycles. The third-order valence-electron chi connectivity index (χ3n) is 3.57. The van der Waals surface area contributed by atoms with Crippen LogP contribution in [0, 0.1) is 0 Å². The zero-order valence-corrected chi connectivity index (χ0v) is 13.6. The van der Waals surface area contributed by atoms with Crippen molar-refractivity contribution in [2.24, 2.45) is 11.5 Å². The van der Waals surface area contributed by atoms with Crippen LogP contribution in [0.15, 0.2) is 60.7 Å². The minimum Gasteiger partial charge on any atom is -0.434 e. The first-order chi connectivity index (χ1) is 11.3. The second-order valence-corrected chi connectivity index (χ2v) is 5.39. The number of esters is 2. The summed E-state index contributed by atoms with van der Waals surface area (Å²) in [5.41, 5.74) is 9.84. The number of carbonyl (C=O) groups excluding carboxylic acids is 2. The Morgan fingerprint density at radius 1 is 0.708 bits per heavy atom. The van der Waals surface area contributed by atoms with Crippen LogP contribution in [-0.2, 0) is 30.5 Å². The first kappa shape index (κ1) is 17.7. The van der Waals surface area contributed by atoms with Crippen molar-refractivity contribution in [2.45, 2.75) is 25.3 Å². The van der Waals surface area contributed by atoms with Crippen molar-refractivity contribution in [3.05, 3.63) is 71.8 Å². The van der Waals surface area contributed by atoms with Gasteiger partial charge in [0.15, 0.2) is 0 Å². The van der Waals surface area contributed by atoms with E-state index in [0.717, 1.165) is 0 Å². The quantitative estimate of drug-likeness (QED) is 0.640. The third-order valence-corrected chi connectivity index (χ3v) is 3.57. The van der Waals surface area contributed by atoms with Crippen LogP contribution in [-0.4, -0.2) is 11.9 Å². The lowest BCUT2D eigenvalue weighted by Crippen LogP contribution is -2.65. The molecule has 0 spiro atoms. The molecule has 2 aromatic carbocycles. The van der Waals surface area contributed by atoms with E-state index in [9.17, 15) is 9.59 Å². The Morgan fingerprint density at radius 2 is 1.00 bits per heavy atom. The highest BCUT2D eigenvalue weighted by Crippen LogP contribution is 2.39. The van der Waals surface area contributed by atoms with E-state index >= 15 is 0 Å². The largest absolute Gasteiger partial charge is 0.434 e. The summed E-state index contributed by atoms with van der Waals surface area (Å²) in [6, 6.07) is 17.1. The Bertz CT molecular complexity index is 657. The second-order valence-electron chi connectivity index (χ2n) is 5.39. The molecular weight excluding hydrogens is 308 g/mol. The van der Waals surface area contributed by atoms with Gasteiger partial charge in [-0.2, -0.15) is 0 Å². The molecule has 0 fully saturated rings. The molecule has 0 saturated heterocycles. The van der Waals surface area contributed by atoms with Crippen LogP contribution in [0.4, 0.5) is 0 Å². The fourth-order valence-electron chi connectivity index (χ4n) is 2.52. The monoisotopic (exact) mass is 328 g/mol. The Labute approximate surface area is 140 Å². The van der Waals surface area contributed by atoms with Crippen molar-refractivity contribution in [3.8, 4) is 0 Å². The summed E-state index contributed by atoms with van der Waals surface area (Å²) in [4.78, 5) is 23.4. The Hall–Kier alpha value is -2.70. The molecular formula is C18H20N2O4. The number of carbonyl (C=O) groups is 2. The molecule has 126 valence electrons. The molecule has 6 nitrogen and oxygen atoms in total. The van der Waals surface area contributed by atoms with Crippen LogP contribution in [0.5, 0.6) is 0 Å². The predicted octanol–water partition coefficient (Wildman–Crippen LogP) is 1.74. The zero-order valence-electron chi connectivity index (χ0n) is 13.6. The topological polar surface area (TPSA) is 105 Å². The molecule has 0 aliphatic heterocycles. The maximum atomic E-state index is 11.7. The van der Waals surface area contributed by atoms with Gasteiger partial charge in [-0.05, 0) is 0 Å². The maximum Gasteiger partial charge on any atom is 0.304 e. The van der Waals surface area contributed by atoms with Crippen molar-refractivity contribution < 1.29 is 19.1 Å². The lowest BCUT2D eigenvalue weighted by molar-refractivity contribution is -0.219. The van der Waals surface area contributed by atoms with E-state index in [1.54, 1.807) is 60.7 Å². The molecule has 24 heavy (non-hydrogen) atoms. The number of hydrogen-bond donors (Lipinski definition) is 2. The number of rotatable bonds is 5. The summed E-state index contributed by atoms with van der Waals surface area (Å²) in [7, 11) is 0. The summed E-state index contributed by atoms with van der Waals surface area (Å²) < 4.78 is 10.8. The fourth-order valence-corrected chi connectivity index (χ4v) is 2.52. The van der Waals surface area contributed by atoms with E-state index in [0.29, 0.717) is 11.1 Å². The summed E-state index contributed by atoms with van der Waals surface area (Å²) in [5, 5.41) is 0. The number of hydrogen-bond acceptors (Lipinski definition) is 6. The average molecular weight is 328 g/mol. The number of ether oxygens (including phenoxy) is 2. The Morgan fingerprint density at radius 3 is 1.25 bits per heavy atom. The van der Waals surface area contributed by atoms with Gasteiger partial charge in [-0.15, -0.1) is 0 Å². The molecule has 0 aromatic heterocycles. The molecule has 2 rings (SSSR count). The number of benzene rings is 2. The molecule has 6 heteroatoms. The minimum atomic E-state index is -1.91. The zero-order chi connectivity index (χ0) is 17.8. The second kappa shape index (κ2) is 6.82. The lowest BCUT2D eigenvalue weighted by atomic mass is 9.86. The summed E-state index contributed by atoms with van der Waals surface area (Å²) in [6.45, 7) is 2.42. The minimum absolute atomic E-state index is 0.396. The Kier molecular flexibility index (Phi) is 5.02. The van der Waals surface area contributed by atoms with Gasteiger partial charge in [0.2, 0.25) is 11.4 Å². The van der Waals surface area contributed by atoms with E-state index in [2.05, 4.69) is 0 Å². The van der Waals surface area contributed by atoms with Gasteiger partial charge in [-0.1, -0.05) is 60.7 Å². The molecule has 2 atom stereocenters. The highest BCUT2D eigenvalue weighted by molar-refractivity contribution is 5.69. The predicted molar refractivity (Wildman–Crippen MR) is 88.1 cm³/mol. The molecule has 0 aliphatic rings. The van der Waals surface area contributed by atoms with Crippen LogP contribution in [0.3, 0.4) is 0 Å². The van der Waals surface area contributed by atoms with Crippen LogP contribution in [0.2, 0.25) is 0 Å². The summed E-state index contributed by atoms with van der Waals surface area (Å²) >= 11 is 0. The van der Waals surface area contributed by atoms with E-state index in [1.165, 1.54) is 13.8 Å². The summed E-state index contributed by atoms with van der Waals surface area (Å²) in [6.07, 6.45) is 0. The van der Waals surface area contributed by atoms with Crippen LogP contribution in [0.1, 0.15) is 25.0 Å². The standard InChI is InChI=1S/C18H20N2O4/c1-13(21)23-17(19,15-9-5-3-6-10-15)18(20,24-14(2)22)16-11-7-4-8-12-16/h3-12H,19-20H2,1-2H3/t17-,18-/m1/s1. The van der Waals surface area contributed by atoms with E-state index in [-0.39, 0.29) is 0 Å². The van der Waals surface area contributed by atoms with Crippen molar-refractivity contribution in [1.29, 1.82) is 0 Å². The molecule has 0 bridgehead atoms. The van der Waals surface area contributed by atoms with Crippen LogP contribution in [0.25, 0.3) is 0 Å². The first-order valence-electron chi connectivity index (χ1n) is 7.37. The number of nitrogens with two attached hydrogens (primary N) is 2. The van der Waals surface area contributed by atoms with Gasteiger partial charge >= 0.3 is 11.9 Å². The highest BCUT2D eigenvalue weighted by atomic mass is 16.6. The molecule has 0 radical (unpaired) electrons. The van der Waals surface area contributed by atoms with Crippen molar-refractivity contribution >= 4 is 11.9 Å². The molecule has 4 N–H and O–H groups in total. The van der Waals surface area contributed by atoms with Crippen molar-refractivity contribution in [3.63, 3.8) is 0 Å². The van der Waals surface area contributed by atoms with Crippen LogP contribution < -0.4 is 11.5 Å². The van der Waals surface area contributed by atoms with Gasteiger partial charge in [-0.3, -0.25) is 21.1 Å². The third kappa shape index (κ3) is 3.29. The summed E-state index contributed by atoms with van der Waals surface area (Å²) in [5.74, 6) is -1.31. The molecule has 2 aromatic rings. The van der Waals surface area contributed by atoms with E-state index in [1.807, 2.05) is 0 Å². The smallest absolute Gasteiger partial charge is 0.304 e. The van der Waals surface area contributed by atoms with Crippen LogP contribution >= 0.6 is 0 Å². The molecule has 0 amide bonds. The molecule has 0 aliphatic carbocycles. The van der Waals surface area contributed by atoms with Crippen molar-refractivity contribution in [2.75, 3.05) is 0 Å². The van der Waals surface area contributed by atoms with Gasteiger partial charge in [0.05, 0.1) is 0 Å². The van der Waals surface area contributed by atoms with Gasteiger partial charge in [0.25, 0.3) is 0 Å². The van der Waals surface area contributed by atoms with Gasteiger partial charge < -0.3 is 9.47 Å². The van der Waals surface area contributed by atoms with Gasteiger partial charge in [0, 0.05) is 25.0 Å². The highest BCUT2D eigenvalue weighted by Gasteiger charge is 2.55. The Balaban J connectivity index is 2.70. The maximum absolute atomic E-state index is 11.7. The average Bonchev–Trinajstić information content (AvgIpc) is 2.55. The normalized spacial score (nSPS) is 15.7. The fraction of sp³-hybridized carbons (Fsp3) is 0.222. The lowest BCUT2D eigenvalue weighted by Gasteiger charge is -2.43. The van der Waals surface area contributed by atoms with Gasteiger partial charge in [-0.25, -0.2) is 0 Å². The van der Waals surface area contributed by atoms with E-state index in [4.69, 9.17) is 20.9 Å². The SMILES string of the molecule is CC(=O)O[C@](N)(c1ccccc1)[C@](N)(OC(C)=O)c1ccccc1. The molecule has 0 unspecified atom stereocenters. The van der Waals surface area contributed by atoms with E-state index < -0.39 is 23.4 Å². The molecule has 0 saturated carbocycles. The van der Waals surface area contributed by atoms with Gasteiger partial charge in [0.1, 0.15) is 0 Å². The van der Waals surface area contributed by atoms with Crippen molar-refractivity contribution in [1.82, 2.24) is 0 Å².